The monoisotopic (exact) mass is 335 g/mol. The number of likely N-dealkylation sites (tertiary alicyclic amines) is 1. The normalized spacial score (nSPS) is 18.2. The molecule has 1 amide bonds. The highest BCUT2D eigenvalue weighted by molar-refractivity contribution is 5.98. The maximum atomic E-state index is 13.0. The minimum absolute atomic E-state index is 0.00258. The van der Waals surface area contributed by atoms with E-state index in [-0.39, 0.29) is 5.91 Å². The molecule has 1 heterocycles. The molecule has 134 valence electrons. The highest BCUT2D eigenvalue weighted by Crippen LogP contribution is 2.40. The Morgan fingerprint density at radius 2 is 1.75 bits per heavy atom. The summed E-state index contributed by atoms with van der Waals surface area (Å²) < 4.78 is 16.1. The van der Waals surface area contributed by atoms with Gasteiger partial charge in [-0.3, -0.25) is 4.79 Å². The van der Waals surface area contributed by atoms with Crippen molar-refractivity contribution >= 4 is 5.91 Å². The molecule has 0 aromatic heterocycles. The summed E-state index contributed by atoms with van der Waals surface area (Å²) in [5, 5.41) is 0. The van der Waals surface area contributed by atoms with Crippen molar-refractivity contribution in [1.82, 2.24) is 4.90 Å². The maximum absolute atomic E-state index is 13.0. The van der Waals surface area contributed by atoms with Gasteiger partial charge >= 0.3 is 0 Å². The van der Waals surface area contributed by atoms with Crippen molar-refractivity contribution in [2.24, 2.45) is 11.8 Å². The third-order valence-corrected chi connectivity index (χ3v) is 4.94. The summed E-state index contributed by atoms with van der Waals surface area (Å²) in [6, 6.07) is 3.51. The van der Waals surface area contributed by atoms with Gasteiger partial charge in [0, 0.05) is 13.1 Å². The first-order valence-electron chi connectivity index (χ1n) is 8.61. The van der Waals surface area contributed by atoms with Crippen LogP contribution in [0.15, 0.2) is 12.1 Å². The van der Waals surface area contributed by atoms with Gasteiger partial charge in [0.2, 0.25) is 5.75 Å². The van der Waals surface area contributed by atoms with Crippen LogP contribution in [0.2, 0.25) is 0 Å². The average Bonchev–Trinajstić information content (AvgIpc) is 2.85. The molecule has 5 nitrogen and oxygen atoms in total. The van der Waals surface area contributed by atoms with Crippen molar-refractivity contribution in [3.8, 4) is 17.2 Å². The van der Waals surface area contributed by atoms with Crippen LogP contribution in [0.3, 0.4) is 0 Å². The van der Waals surface area contributed by atoms with Crippen molar-refractivity contribution in [1.29, 1.82) is 0 Å². The van der Waals surface area contributed by atoms with Crippen LogP contribution in [0.25, 0.3) is 0 Å². The highest BCUT2D eigenvalue weighted by atomic mass is 16.5. The first-order chi connectivity index (χ1) is 11.5. The van der Waals surface area contributed by atoms with Gasteiger partial charge in [-0.15, -0.1) is 0 Å². The van der Waals surface area contributed by atoms with E-state index in [0.29, 0.717) is 34.6 Å². The number of hydrogen-bond donors (Lipinski definition) is 0. The van der Waals surface area contributed by atoms with Crippen molar-refractivity contribution in [2.75, 3.05) is 34.4 Å². The number of carbonyl (C=O) groups is 1. The Labute approximate surface area is 144 Å². The van der Waals surface area contributed by atoms with Crippen LogP contribution in [0, 0.1) is 11.8 Å². The second kappa shape index (κ2) is 8.27. The van der Waals surface area contributed by atoms with Gasteiger partial charge in [0.05, 0.1) is 26.9 Å². The van der Waals surface area contributed by atoms with E-state index in [0.717, 1.165) is 25.9 Å². The molecule has 5 heteroatoms. The van der Waals surface area contributed by atoms with E-state index in [1.54, 1.807) is 33.5 Å². The van der Waals surface area contributed by atoms with Crippen molar-refractivity contribution < 1.29 is 19.0 Å². The predicted molar refractivity (Wildman–Crippen MR) is 94.2 cm³/mol. The lowest BCUT2D eigenvalue weighted by atomic mass is 9.89. The minimum atomic E-state index is -0.00258. The number of rotatable bonds is 5. The van der Waals surface area contributed by atoms with Crippen LogP contribution in [-0.4, -0.2) is 45.2 Å². The number of amides is 1. The lowest BCUT2D eigenvalue weighted by Gasteiger charge is -2.23. The molecule has 0 radical (unpaired) electrons. The van der Waals surface area contributed by atoms with E-state index in [2.05, 4.69) is 13.8 Å². The van der Waals surface area contributed by atoms with E-state index in [1.807, 2.05) is 4.90 Å². The van der Waals surface area contributed by atoms with E-state index in [4.69, 9.17) is 14.2 Å². The van der Waals surface area contributed by atoms with Gasteiger partial charge in [0.1, 0.15) is 0 Å². The fourth-order valence-corrected chi connectivity index (χ4v) is 3.43. The molecule has 24 heavy (non-hydrogen) atoms. The van der Waals surface area contributed by atoms with Crippen molar-refractivity contribution in [3.05, 3.63) is 17.7 Å². The largest absolute Gasteiger partial charge is 0.493 e. The van der Waals surface area contributed by atoms with Crippen LogP contribution in [0.1, 0.15) is 43.5 Å². The summed E-state index contributed by atoms with van der Waals surface area (Å²) in [6.07, 6.45) is 3.29. The van der Waals surface area contributed by atoms with Gasteiger partial charge < -0.3 is 19.1 Å². The quantitative estimate of drug-likeness (QED) is 0.825. The van der Waals surface area contributed by atoms with Gasteiger partial charge in [-0.2, -0.15) is 0 Å². The number of carbonyl (C=O) groups excluding carboxylic acids is 1. The Bertz CT molecular complexity index is 571. The van der Waals surface area contributed by atoms with Gasteiger partial charge in [-0.25, -0.2) is 0 Å². The van der Waals surface area contributed by atoms with Crippen LogP contribution in [-0.2, 0) is 0 Å². The third kappa shape index (κ3) is 3.77. The van der Waals surface area contributed by atoms with Crippen LogP contribution < -0.4 is 14.2 Å². The molecule has 1 fully saturated rings. The van der Waals surface area contributed by atoms with E-state index < -0.39 is 0 Å². The lowest BCUT2D eigenvalue weighted by molar-refractivity contribution is 0.0754. The Morgan fingerprint density at radius 3 is 2.33 bits per heavy atom. The van der Waals surface area contributed by atoms with Crippen LogP contribution >= 0.6 is 0 Å². The lowest BCUT2D eigenvalue weighted by Crippen LogP contribution is -2.32. The fourth-order valence-electron chi connectivity index (χ4n) is 3.43. The first kappa shape index (κ1) is 18.4. The van der Waals surface area contributed by atoms with E-state index in [1.165, 1.54) is 6.42 Å². The van der Waals surface area contributed by atoms with Gasteiger partial charge in [-0.1, -0.05) is 13.8 Å². The Kier molecular flexibility index (Phi) is 6.35. The molecule has 0 bridgehead atoms. The Balaban J connectivity index is 2.26. The van der Waals surface area contributed by atoms with Gasteiger partial charge in [0.15, 0.2) is 11.5 Å². The SMILES string of the molecule is COc1ccc(C(=O)N2CCCC(C(C)C)CC2)c(OC)c1OC. The number of ether oxygens (including phenoxy) is 3. The van der Waals surface area contributed by atoms with Gasteiger partial charge in [-0.05, 0) is 43.2 Å². The standard InChI is InChI=1S/C19H29NO4/c1-13(2)14-7-6-11-20(12-10-14)19(21)15-8-9-16(22-3)18(24-5)17(15)23-4/h8-9,13-14H,6-7,10-12H2,1-5H3. The summed E-state index contributed by atoms with van der Waals surface area (Å²) in [5.41, 5.74) is 0.526. The summed E-state index contributed by atoms with van der Waals surface area (Å²) in [4.78, 5) is 15.0. The second-order valence-electron chi connectivity index (χ2n) is 6.61. The Morgan fingerprint density at radius 1 is 1.04 bits per heavy atom. The molecular formula is C19H29NO4. The van der Waals surface area contributed by atoms with Gasteiger partial charge in [0.25, 0.3) is 5.91 Å². The summed E-state index contributed by atoms with van der Waals surface area (Å²) in [6.45, 7) is 6.11. The Hall–Kier alpha value is -1.91. The molecule has 0 saturated carbocycles. The molecule has 1 aromatic rings. The van der Waals surface area contributed by atoms with E-state index >= 15 is 0 Å². The fraction of sp³-hybridized carbons (Fsp3) is 0.632. The zero-order chi connectivity index (χ0) is 17.7. The topological polar surface area (TPSA) is 48.0 Å². The van der Waals surface area contributed by atoms with Crippen LogP contribution in [0.5, 0.6) is 17.2 Å². The minimum Gasteiger partial charge on any atom is -0.493 e. The summed E-state index contributed by atoms with van der Waals surface area (Å²) in [7, 11) is 4.67. The zero-order valence-corrected chi connectivity index (χ0v) is 15.4. The number of hydrogen-bond acceptors (Lipinski definition) is 4. The summed E-state index contributed by atoms with van der Waals surface area (Å²) >= 11 is 0. The second-order valence-corrected chi connectivity index (χ2v) is 6.61. The molecule has 1 unspecified atom stereocenters. The zero-order valence-electron chi connectivity index (χ0n) is 15.4. The van der Waals surface area contributed by atoms with Crippen molar-refractivity contribution in [2.45, 2.75) is 33.1 Å². The highest BCUT2D eigenvalue weighted by Gasteiger charge is 2.27. The molecule has 0 aliphatic carbocycles. The molecule has 1 saturated heterocycles. The predicted octanol–water partition coefficient (Wildman–Crippen LogP) is 3.61. The van der Waals surface area contributed by atoms with Crippen LogP contribution in [0.4, 0.5) is 0 Å². The molecule has 1 aliphatic rings. The maximum Gasteiger partial charge on any atom is 0.257 e. The molecule has 1 aliphatic heterocycles. The smallest absolute Gasteiger partial charge is 0.257 e. The molecule has 0 spiro atoms. The molecule has 0 N–H and O–H groups in total. The summed E-state index contributed by atoms with van der Waals surface area (Å²) in [5.74, 6) is 2.80. The first-order valence-corrected chi connectivity index (χ1v) is 8.61. The molecule has 2 rings (SSSR count). The number of nitrogens with zero attached hydrogens (tertiary/aromatic N) is 1. The van der Waals surface area contributed by atoms with E-state index in [9.17, 15) is 4.79 Å². The molecular weight excluding hydrogens is 306 g/mol. The molecule has 1 aromatic carbocycles. The van der Waals surface area contributed by atoms with Crippen molar-refractivity contribution in [3.63, 3.8) is 0 Å². The third-order valence-electron chi connectivity index (χ3n) is 4.94. The average molecular weight is 335 g/mol. The number of benzene rings is 1. The molecule has 1 atom stereocenters. The number of methoxy groups -OCH3 is 3.